The molecule has 4 aliphatic rings. The second-order valence-electron chi connectivity index (χ2n) is 13.2. The zero-order valence-corrected chi connectivity index (χ0v) is 20.9. The lowest BCUT2D eigenvalue weighted by atomic mass is 9.46. The SMILES string of the molecule is CC(O)(CC[Si](C)(C)C)[C@H]1CC[C@H]2[C@@H]3CC=C4CC(O)CC[C@]4(C)[C@H]3CC[C@]12C. The van der Waals surface area contributed by atoms with E-state index in [-0.39, 0.29) is 6.10 Å². The predicted molar refractivity (Wildman–Crippen MR) is 125 cm³/mol. The van der Waals surface area contributed by atoms with Gasteiger partial charge in [0.25, 0.3) is 0 Å². The van der Waals surface area contributed by atoms with Gasteiger partial charge in [-0.2, -0.15) is 0 Å². The van der Waals surface area contributed by atoms with Crippen molar-refractivity contribution in [3.8, 4) is 0 Å². The number of fused-ring (bicyclic) bond motifs is 5. The maximum absolute atomic E-state index is 11.6. The molecule has 0 aliphatic heterocycles. The van der Waals surface area contributed by atoms with Gasteiger partial charge in [0.15, 0.2) is 0 Å². The maximum Gasteiger partial charge on any atom is 0.0650 e. The molecule has 3 fully saturated rings. The third kappa shape index (κ3) is 3.72. The van der Waals surface area contributed by atoms with Crippen LogP contribution in [0.1, 0.15) is 78.6 Å². The smallest absolute Gasteiger partial charge is 0.0650 e. The van der Waals surface area contributed by atoms with Crippen LogP contribution in [0.5, 0.6) is 0 Å². The maximum atomic E-state index is 11.6. The van der Waals surface area contributed by atoms with E-state index >= 15 is 0 Å². The molecular weight excluding hydrogens is 372 g/mol. The zero-order chi connectivity index (χ0) is 21.2. The molecule has 0 aromatic rings. The molecule has 29 heavy (non-hydrogen) atoms. The number of hydrogen-bond donors (Lipinski definition) is 2. The predicted octanol–water partition coefficient (Wildman–Crippen LogP) is 6.41. The van der Waals surface area contributed by atoms with Gasteiger partial charge in [0.1, 0.15) is 0 Å². The summed E-state index contributed by atoms with van der Waals surface area (Å²) in [5.74, 6) is 2.81. The fourth-order valence-electron chi connectivity index (χ4n) is 8.47. The second-order valence-corrected chi connectivity index (χ2v) is 18.9. The third-order valence-corrected chi connectivity index (χ3v) is 12.0. The molecule has 4 rings (SSSR count). The summed E-state index contributed by atoms with van der Waals surface area (Å²) in [5.41, 5.74) is 1.69. The first kappa shape index (κ1) is 22.1. The Kier molecular flexibility index (Phi) is 5.48. The molecule has 0 bridgehead atoms. The Labute approximate surface area is 180 Å². The van der Waals surface area contributed by atoms with E-state index in [0.717, 1.165) is 37.0 Å². The summed E-state index contributed by atoms with van der Waals surface area (Å²) in [5, 5.41) is 21.8. The summed E-state index contributed by atoms with van der Waals surface area (Å²) >= 11 is 0. The van der Waals surface area contributed by atoms with Gasteiger partial charge >= 0.3 is 0 Å². The van der Waals surface area contributed by atoms with Crippen molar-refractivity contribution in [3.63, 3.8) is 0 Å². The molecule has 4 aliphatic carbocycles. The Morgan fingerprint density at radius 2 is 1.79 bits per heavy atom. The summed E-state index contributed by atoms with van der Waals surface area (Å²) in [6.45, 7) is 14.5. The molecule has 2 N–H and O–H groups in total. The highest BCUT2D eigenvalue weighted by molar-refractivity contribution is 6.76. The van der Waals surface area contributed by atoms with Crippen LogP contribution in [0, 0.1) is 34.5 Å². The lowest BCUT2D eigenvalue weighted by Gasteiger charge is -2.59. The standard InChI is InChI=1S/C26H46O2Si/c1-24-13-11-19(27)17-18(24)7-8-20-21-9-10-23(25(21,2)14-12-22(20)24)26(3,28)15-16-29(4,5)6/h7,19-23,27-28H,8-17H2,1-6H3/t19?,20-,21-,22-,23-,24-,25-,26?/m0/s1. The Hall–Kier alpha value is -0.123. The van der Waals surface area contributed by atoms with E-state index in [1.807, 2.05) is 0 Å². The van der Waals surface area contributed by atoms with Crippen molar-refractivity contribution in [2.75, 3.05) is 0 Å². The van der Waals surface area contributed by atoms with Crippen LogP contribution in [0.3, 0.4) is 0 Å². The molecule has 3 saturated carbocycles. The Balaban J connectivity index is 1.56. The summed E-state index contributed by atoms with van der Waals surface area (Å²) in [7, 11) is -1.14. The molecule has 0 saturated heterocycles. The molecule has 0 amide bonds. The summed E-state index contributed by atoms with van der Waals surface area (Å²) in [6.07, 6.45) is 12.8. The molecule has 0 radical (unpaired) electrons. The zero-order valence-electron chi connectivity index (χ0n) is 19.9. The molecule has 2 unspecified atom stereocenters. The number of allylic oxidation sites excluding steroid dienone is 1. The van der Waals surface area contributed by atoms with Crippen molar-refractivity contribution >= 4 is 8.07 Å². The number of hydrogen-bond acceptors (Lipinski definition) is 2. The van der Waals surface area contributed by atoms with Crippen LogP contribution in [0.4, 0.5) is 0 Å². The Morgan fingerprint density at radius 1 is 1.07 bits per heavy atom. The van der Waals surface area contributed by atoms with E-state index in [2.05, 4.69) is 46.5 Å². The molecule has 2 nitrogen and oxygen atoms in total. The Morgan fingerprint density at radius 3 is 2.48 bits per heavy atom. The minimum absolute atomic E-state index is 0.114. The van der Waals surface area contributed by atoms with Crippen LogP contribution < -0.4 is 0 Å². The minimum Gasteiger partial charge on any atom is -0.393 e. The number of rotatable bonds is 4. The van der Waals surface area contributed by atoms with Crippen LogP contribution >= 0.6 is 0 Å². The molecule has 0 aromatic carbocycles. The van der Waals surface area contributed by atoms with E-state index in [4.69, 9.17) is 0 Å². The monoisotopic (exact) mass is 418 g/mol. The van der Waals surface area contributed by atoms with Gasteiger partial charge < -0.3 is 10.2 Å². The minimum atomic E-state index is -1.14. The van der Waals surface area contributed by atoms with E-state index in [1.165, 1.54) is 44.6 Å². The highest BCUT2D eigenvalue weighted by Crippen LogP contribution is 2.67. The quantitative estimate of drug-likeness (QED) is 0.409. The van der Waals surface area contributed by atoms with Gasteiger partial charge in [0.2, 0.25) is 0 Å². The highest BCUT2D eigenvalue weighted by atomic mass is 28.3. The summed E-state index contributed by atoms with van der Waals surface area (Å²) in [4.78, 5) is 0. The molecule has 0 aromatic heterocycles. The number of aliphatic hydroxyl groups is 2. The first-order chi connectivity index (χ1) is 13.4. The van der Waals surface area contributed by atoms with E-state index < -0.39 is 13.7 Å². The Bertz CT molecular complexity index is 662. The molecule has 166 valence electrons. The third-order valence-electron chi connectivity index (χ3n) is 10.2. The van der Waals surface area contributed by atoms with Crippen LogP contribution in [0.25, 0.3) is 0 Å². The fraction of sp³-hybridized carbons (Fsp3) is 0.923. The van der Waals surface area contributed by atoms with Crippen molar-refractivity contribution in [1.29, 1.82) is 0 Å². The van der Waals surface area contributed by atoms with Gasteiger partial charge in [-0.3, -0.25) is 0 Å². The van der Waals surface area contributed by atoms with Crippen molar-refractivity contribution in [2.45, 2.75) is 116 Å². The molecule has 3 heteroatoms. The molecular formula is C26H46O2Si. The first-order valence-corrected chi connectivity index (χ1v) is 16.2. The van der Waals surface area contributed by atoms with Crippen molar-refractivity contribution in [3.05, 3.63) is 11.6 Å². The molecule has 8 atom stereocenters. The van der Waals surface area contributed by atoms with Crippen LogP contribution in [0.15, 0.2) is 11.6 Å². The normalized spacial score (nSPS) is 46.9. The number of aliphatic hydroxyl groups excluding tert-OH is 1. The average Bonchev–Trinajstić information content (AvgIpc) is 2.98. The summed E-state index contributed by atoms with van der Waals surface area (Å²) in [6, 6.07) is 1.23. The van der Waals surface area contributed by atoms with Crippen molar-refractivity contribution in [1.82, 2.24) is 0 Å². The van der Waals surface area contributed by atoms with Crippen LogP contribution in [0.2, 0.25) is 25.7 Å². The first-order valence-electron chi connectivity index (χ1n) is 12.5. The topological polar surface area (TPSA) is 40.5 Å². The van der Waals surface area contributed by atoms with Crippen molar-refractivity contribution in [2.24, 2.45) is 34.5 Å². The van der Waals surface area contributed by atoms with Gasteiger partial charge in [-0.1, -0.05) is 51.2 Å². The lowest BCUT2D eigenvalue weighted by Crippen LogP contribution is -2.53. The van der Waals surface area contributed by atoms with E-state index in [0.29, 0.717) is 16.7 Å². The van der Waals surface area contributed by atoms with Gasteiger partial charge in [-0.05, 0) is 99.2 Å². The molecule has 0 spiro atoms. The van der Waals surface area contributed by atoms with Gasteiger partial charge in [0, 0.05) is 8.07 Å². The van der Waals surface area contributed by atoms with Crippen LogP contribution in [-0.2, 0) is 0 Å². The second kappa shape index (κ2) is 7.20. The summed E-state index contributed by atoms with van der Waals surface area (Å²) < 4.78 is 0. The lowest BCUT2D eigenvalue weighted by molar-refractivity contribution is -0.103. The highest BCUT2D eigenvalue weighted by Gasteiger charge is 2.61. The largest absolute Gasteiger partial charge is 0.393 e. The van der Waals surface area contributed by atoms with Crippen molar-refractivity contribution < 1.29 is 10.2 Å². The average molecular weight is 419 g/mol. The molecule has 0 heterocycles. The van der Waals surface area contributed by atoms with E-state index in [1.54, 1.807) is 5.57 Å². The van der Waals surface area contributed by atoms with Crippen LogP contribution in [-0.4, -0.2) is 30.0 Å². The van der Waals surface area contributed by atoms with Gasteiger partial charge in [0.05, 0.1) is 11.7 Å². The van der Waals surface area contributed by atoms with E-state index in [9.17, 15) is 10.2 Å². The van der Waals surface area contributed by atoms with Gasteiger partial charge in [-0.25, -0.2) is 0 Å². The fourth-order valence-corrected chi connectivity index (χ4v) is 9.72. The van der Waals surface area contributed by atoms with Gasteiger partial charge in [-0.15, -0.1) is 0 Å².